The first-order valence-electron chi connectivity index (χ1n) is 8.78. The van der Waals surface area contributed by atoms with Crippen LogP contribution in [0.1, 0.15) is 30.1 Å². The molecule has 0 spiro atoms. The van der Waals surface area contributed by atoms with E-state index in [1.54, 1.807) is 0 Å². The van der Waals surface area contributed by atoms with Crippen LogP contribution in [0.3, 0.4) is 0 Å². The van der Waals surface area contributed by atoms with Gasteiger partial charge in [0.25, 0.3) is 0 Å². The van der Waals surface area contributed by atoms with Gasteiger partial charge in [0.05, 0.1) is 0 Å². The Hall–Kier alpha value is -3.22. The van der Waals surface area contributed by atoms with E-state index in [-0.39, 0.29) is 17.6 Å². The van der Waals surface area contributed by atoms with Gasteiger partial charge in [0.1, 0.15) is 5.82 Å². The molecule has 3 rings (SSSR count). The number of aromatic nitrogens is 2. The normalized spacial score (nSPS) is 10.7. The van der Waals surface area contributed by atoms with E-state index >= 15 is 0 Å². The van der Waals surface area contributed by atoms with Crippen LogP contribution in [-0.2, 0) is 0 Å². The zero-order chi connectivity index (χ0) is 19.4. The lowest BCUT2D eigenvalue weighted by Gasteiger charge is -2.22. The van der Waals surface area contributed by atoms with E-state index in [1.807, 2.05) is 25.1 Å². The molecular formula is C20H21FN4O2. The zero-order valence-electron chi connectivity index (χ0n) is 15.5. The summed E-state index contributed by atoms with van der Waals surface area (Å²) in [6.45, 7) is 7.96. The van der Waals surface area contributed by atoms with Crippen LogP contribution in [0.25, 0.3) is 11.5 Å². The highest BCUT2D eigenvalue weighted by Gasteiger charge is 2.17. The predicted molar refractivity (Wildman–Crippen MR) is 102 cm³/mol. The van der Waals surface area contributed by atoms with Crippen molar-refractivity contribution in [3.8, 4) is 11.5 Å². The van der Waals surface area contributed by atoms with Crippen molar-refractivity contribution in [2.24, 2.45) is 0 Å². The van der Waals surface area contributed by atoms with Gasteiger partial charge in [-0.15, -0.1) is 10.2 Å². The van der Waals surface area contributed by atoms with E-state index < -0.39 is 5.91 Å². The SMILES string of the molecule is CCN(CC)c1ccc(NC(=O)c2nnc(-c3ccc(F)cc3)o2)c(C)c1. The molecule has 0 aliphatic rings. The summed E-state index contributed by atoms with van der Waals surface area (Å²) in [6, 6.07) is 11.5. The van der Waals surface area contributed by atoms with Crippen LogP contribution >= 0.6 is 0 Å². The molecule has 6 nitrogen and oxygen atoms in total. The second-order valence-electron chi connectivity index (χ2n) is 6.04. The summed E-state index contributed by atoms with van der Waals surface area (Å²) in [6.07, 6.45) is 0. The van der Waals surface area contributed by atoms with E-state index in [4.69, 9.17) is 4.42 Å². The molecule has 0 aliphatic carbocycles. The fourth-order valence-electron chi connectivity index (χ4n) is 2.77. The summed E-state index contributed by atoms with van der Waals surface area (Å²) < 4.78 is 18.4. The maximum absolute atomic E-state index is 13.0. The Kier molecular flexibility index (Phi) is 5.49. The van der Waals surface area contributed by atoms with Crippen LogP contribution in [0.5, 0.6) is 0 Å². The lowest BCUT2D eigenvalue weighted by atomic mass is 10.1. The van der Waals surface area contributed by atoms with Gasteiger partial charge in [0.15, 0.2) is 0 Å². The van der Waals surface area contributed by atoms with Crippen molar-refractivity contribution in [3.05, 3.63) is 59.7 Å². The summed E-state index contributed by atoms with van der Waals surface area (Å²) in [5.41, 5.74) is 3.26. The average Bonchev–Trinajstić information content (AvgIpc) is 3.16. The minimum atomic E-state index is -0.491. The third kappa shape index (κ3) is 4.13. The molecule has 27 heavy (non-hydrogen) atoms. The highest BCUT2D eigenvalue weighted by molar-refractivity contribution is 6.01. The number of hydrogen-bond acceptors (Lipinski definition) is 5. The molecule has 140 valence electrons. The van der Waals surface area contributed by atoms with E-state index in [9.17, 15) is 9.18 Å². The molecule has 0 radical (unpaired) electrons. The highest BCUT2D eigenvalue weighted by atomic mass is 19.1. The van der Waals surface area contributed by atoms with Crippen molar-refractivity contribution >= 4 is 17.3 Å². The molecule has 1 N–H and O–H groups in total. The van der Waals surface area contributed by atoms with Crippen LogP contribution in [0.4, 0.5) is 15.8 Å². The number of benzene rings is 2. The van der Waals surface area contributed by atoms with Gasteiger partial charge in [-0.05, 0) is 68.8 Å². The number of amides is 1. The number of hydrogen-bond donors (Lipinski definition) is 1. The molecule has 1 heterocycles. The van der Waals surface area contributed by atoms with Crippen molar-refractivity contribution < 1.29 is 13.6 Å². The lowest BCUT2D eigenvalue weighted by molar-refractivity contribution is 0.0990. The highest BCUT2D eigenvalue weighted by Crippen LogP contribution is 2.24. The minimum absolute atomic E-state index is 0.151. The molecule has 0 bridgehead atoms. The van der Waals surface area contributed by atoms with Crippen LogP contribution in [0, 0.1) is 12.7 Å². The molecule has 1 amide bonds. The zero-order valence-corrected chi connectivity index (χ0v) is 15.5. The number of rotatable bonds is 6. The third-order valence-electron chi connectivity index (χ3n) is 4.30. The maximum Gasteiger partial charge on any atom is 0.313 e. The topological polar surface area (TPSA) is 71.3 Å². The summed E-state index contributed by atoms with van der Waals surface area (Å²) in [5.74, 6) is -0.843. The number of anilines is 2. The largest absolute Gasteiger partial charge is 0.412 e. The lowest BCUT2D eigenvalue weighted by Crippen LogP contribution is -2.22. The number of carbonyl (C=O) groups is 1. The third-order valence-corrected chi connectivity index (χ3v) is 4.30. The van der Waals surface area contributed by atoms with Gasteiger partial charge in [0, 0.05) is 30.0 Å². The Balaban J connectivity index is 1.75. The van der Waals surface area contributed by atoms with Crippen LogP contribution in [0.2, 0.25) is 0 Å². The molecule has 0 aliphatic heterocycles. The van der Waals surface area contributed by atoms with Crippen molar-refractivity contribution in [3.63, 3.8) is 0 Å². The van der Waals surface area contributed by atoms with Gasteiger partial charge in [-0.2, -0.15) is 0 Å². The standard InChI is InChI=1S/C20H21FN4O2/c1-4-25(5-2)16-10-11-17(13(3)12-16)22-18(26)20-24-23-19(27-20)14-6-8-15(21)9-7-14/h6-12H,4-5H2,1-3H3,(H,22,26). The van der Waals surface area contributed by atoms with Crippen molar-refractivity contribution in [2.45, 2.75) is 20.8 Å². The first-order valence-corrected chi connectivity index (χ1v) is 8.78. The van der Waals surface area contributed by atoms with Gasteiger partial charge in [0.2, 0.25) is 5.89 Å². The second kappa shape index (κ2) is 7.99. The molecular weight excluding hydrogens is 347 g/mol. The number of aryl methyl sites for hydroxylation is 1. The van der Waals surface area contributed by atoms with E-state index in [0.29, 0.717) is 11.3 Å². The fourth-order valence-corrected chi connectivity index (χ4v) is 2.77. The van der Waals surface area contributed by atoms with E-state index in [2.05, 4.69) is 34.3 Å². The molecule has 0 saturated carbocycles. The maximum atomic E-state index is 13.0. The Morgan fingerprint density at radius 1 is 1.11 bits per heavy atom. The average molecular weight is 368 g/mol. The van der Waals surface area contributed by atoms with Gasteiger partial charge in [-0.3, -0.25) is 4.79 Å². The monoisotopic (exact) mass is 368 g/mol. The Labute approximate surface area is 157 Å². The van der Waals surface area contributed by atoms with Crippen molar-refractivity contribution in [1.82, 2.24) is 10.2 Å². The summed E-state index contributed by atoms with van der Waals surface area (Å²) in [7, 11) is 0. The van der Waals surface area contributed by atoms with Gasteiger partial charge < -0.3 is 14.6 Å². The van der Waals surface area contributed by atoms with E-state index in [0.717, 1.165) is 24.3 Å². The molecule has 3 aromatic rings. The Morgan fingerprint density at radius 2 is 1.81 bits per heavy atom. The van der Waals surface area contributed by atoms with Crippen molar-refractivity contribution in [1.29, 1.82) is 0 Å². The summed E-state index contributed by atoms with van der Waals surface area (Å²) >= 11 is 0. The smallest absolute Gasteiger partial charge is 0.313 e. The minimum Gasteiger partial charge on any atom is -0.412 e. The van der Waals surface area contributed by atoms with Crippen molar-refractivity contribution in [2.75, 3.05) is 23.3 Å². The predicted octanol–water partition coefficient (Wildman–Crippen LogP) is 4.28. The molecule has 7 heteroatoms. The van der Waals surface area contributed by atoms with Crippen LogP contribution in [0.15, 0.2) is 46.9 Å². The molecule has 0 unspecified atom stereocenters. The quantitative estimate of drug-likeness (QED) is 0.703. The number of nitrogens with zero attached hydrogens (tertiary/aromatic N) is 3. The fraction of sp³-hybridized carbons (Fsp3) is 0.250. The van der Waals surface area contributed by atoms with Crippen LogP contribution in [-0.4, -0.2) is 29.2 Å². The first kappa shape index (κ1) is 18.6. The van der Waals surface area contributed by atoms with Gasteiger partial charge in [-0.25, -0.2) is 4.39 Å². The Bertz CT molecular complexity index is 933. The second-order valence-corrected chi connectivity index (χ2v) is 6.04. The summed E-state index contributed by atoms with van der Waals surface area (Å²) in [5, 5.41) is 10.4. The number of carbonyl (C=O) groups excluding carboxylic acids is 1. The summed E-state index contributed by atoms with van der Waals surface area (Å²) in [4.78, 5) is 14.6. The first-order chi connectivity index (χ1) is 13.0. The van der Waals surface area contributed by atoms with Gasteiger partial charge in [-0.1, -0.05) is 0 Å². The number of nitrogens with one attached hydrogen (secondary N) is 1. The molecule has 0 fully saturated rings. The Morgan fingerprint density at radius 3 is 2.44 bits per heavy atom. The molecule has 2 aromatic carbocycles. The molecule has 0 atom stereocenters. The van der Waals surface area contributed by atoms with Gasteiger partial charge >= 0.3 is 11.8 Å². The van der Waals surface area contributed by atoms with E-state index in [1.165, 1.54) is 24.3 Å². The van der Waals surface area contributed by atoms with Crippen LogP contribution < -0.4 is 10.2 Å². The molecule has 0 saturated heterocycles. The molecule has 1 aromatic heterocycles. The number of halogens is 1.